The Morgan fingerprint density at radius 2 is 2.00 bits per heavy atom. The van der Waals surface area contributed by atoms with Gasteiger partial charge in [-0.2, -0.15) is 0 Å². The molecule has 1 nitrogen and oxygen atoms in total. The molecule has 8 heavy (non-hydrogen) atoms. The highest BCUT2D eigenvalue weighted by atomic mass is 35.7. The summed E-state index contributed by atoms with van der Waals surface area (Å²) in [5.41, 5.74) is 0. The van der Waals surface area contributed by atoms with Gasteiger partial charge in [0.25, 0.3) is 0 Å². The lowest BCUT2D eigenvalue weighted by Gasteiger charge is -2.10. The average Bonchev–Trinajstić information content (AvgIpc) is 1.67. The topological polar surface area (TPSA) is 9.23 Å². The number of hydrogen-bond acceptors (Lipinski definition) is 1. The van der Waals surface area contributed by atoms with E-state index in [2.05, 4.69) is 0 Å². The van der Waals surface area contributed by atoms with Crippen molar-refractivity contribution in [1.82, 2.24) is 0 Å². The second kappa shape index (κ2) is 3.72. The minimum absolute atomic E-state index is 0.812. The second-order valence-corrected chi connectivity index (χ2v) is 8.02. The van der Waals surface area contributed by atoms with Crippen molar-refractivity contribution in [3.63, 3.8) is 0 Å². The zero-order valence-electron chi connectivity index (χ0n) is 5.08. The smallest absolute Gasteiger partial charge is 0.389 e. The molecule has 0 aliphatic heterocycles. The zero-order chi connectivity index (χ0) is 6.62. The summed E-state index contributed by atoms with van der Waals surface area (Å²) >= 11 is 11.4. The van der Waals surface area contributed by atoms with Crippen LogP contribution in [0.5, 0.6) is 0 Å². The Hall–Kier alpha value is 0.757. The molecule has 0 heterocycles. The van der Waals surface area contributed by atoms with Crippen LogP contribution < -0.4 is 0 Å². The van der Waals surface area contributed by atoms with Gasteiger partial charge >= 0.3 is 6.94 Å². The summed E-state index contributed by atoms with van der Waals surface area (Å²) in [6.07, 6.45) is 0.993. The summed E-state index contributed by atoms with van der Waals surface area (Å²) in [6.45, 7) is -0.200. The van der Waals surface area contributed by atoms with E-state index >= 15 is 0 Å². The van der Waals surface area contributed by atoms with E-state index in [0.717, 1.165) is 12.5 Å². The molecule has 0 saturated heterocycles. The van der Waals surface area contributed by atoms with Gasteiger partial charge in [-0.1, -0.05) is 13.3 Å². The molecule has 0 saturated carbocycles. The summed E-state index contributed by atoms with van der Waals surface area (Å²) in [4.78, 5) is 0. The van der Waals surface area contributed by atoms with Crippen molar-refractivity contribution in [2.75, 3.05) is 7.11 Å². The van der Waals surface area contributed by atoms with Gasteiger partial charge in [0.05, 0.1) is 0 Å². The van der Waals surface area contributed by atoms with Crippen molar-refractivity contribution in [3.05, 3.63) is 0 Å². The number of hydrogen-bond donors (Lipinski definition) is 0. The second-order valence-electron chi connectivity index (χ2n) is 1.59. The zero-order valence-corrected chi connectivity index (χ0v) is 7.59. The van der Waals surface area contributed by atoms with Crippen molar-refractivity contribution in [2.45, 2.75) is 19.4 Å². The van der Waals surface area contributed by atoms with Gasteiger partial charge in [0.2, 0.25) is 0 Å². The van der Waals surface area contributed by atoms with E-state index in [1.165, 1.54) is 0 Å². The molecule has 0 N–H and O–H groups in total. The third-order valence-electron chi connectivity index (χ3n) is 0.840. The Labute approximate surface area is 60.5 Å². The van der Waals surface area contributed by atoms with E-state index in [1.807, 2.05) is 6.92 Å². The standard InChI is InChI=1S/C4H10Cl2OSi/c1-3-4-8(5,6)7-2/h3-4H2,1-2H3. The molecule has 0 spiro atoms. The van der Waals surface area contributed by atoms with E-state index < -0.39 is 6.94 Å². The van der Waals surface area contributed by atoms with Crippen LogP contribution in [0.25, 0.3) is 0 Å². The van der Waals surface area contributed by atoms with Crippen LogP contribution in [0.15, 0.2) is 0 Å². The third-order valence-corrected chi connectivity index (χ3v) is 4.58. The van der Waals surface area contributed by atoms with Crippen molar-refractivity contribution in [1.29, 1.82) is 0 Å². The quantitative estimate of drug-likeness (QED) is 0.470. The first kappa shape index (κ1) is 8.76. The normalized spacial score (nSPS) is 12.0. The van der Waals surface area contributed by atoms with Crippen molar-refractivity contribution < 1.29 is 4.43 Å². The number of halogens is 2. The molecule has 0 aromatic heterocycles. The predicted molar refractivity (Wildman–Crippen MR) is 39.6 cm³/mol. The first-order chi connectivity index (χ1) is 3.62. The Morgan fingerprint density at radius 1 is 1.50 bits per heavy atom. The molecule has 0 bridgehead atoms. The molecule has 0 aliphatic rings. The van der Waals surface area contributed by atoms with Crippen LogP contribution in [0.3, 0.4) is 0 Å². The molecule has 50 valence electrons. The molecule has 0 unspecified atom stereocenters. The third kappa shape index (κ3) is 3.72. The van der Waals surface area contributed by atoms with E-state index in [9.17, 15) is 0 Å². The Bertz CT molecular complexity index is 67.1. The minimum atomic E-state index is -2.23. The molecule has 0 fully saturated rings. The van der Waals surface area contributed by atoms with Crippen molar-refractivity contribution in [2.24, 2.45) is 0 Å². The van der Waals surface area contributed by atoms with Crippen LogP contribution in [0.1, 0.15) is 13.3 Å². The Kier molecular flexibility index (Phi) is 4.07. The lowest BCUT2D eigenvalue weighted by molar-refractivity contribution is 0.426. The molecular formula is C4H10Cl2OSi. The van der Waals surface area contributed by atoms with Crippen LogP contribution >= 0.6 is 22.2 Å². The van der Waals surface area contributed by atoms with E-state index in [-0.39, 0.29) is 0 Å². The van der Waals surface area contributed by atoms with E-state index in [1.54, 1.807) is 7.11 Å². The van der Waals surface area contributed by atoms with Gasteiger partial charge in [-0.25, -0.2) is 0 Å². The summed E-state index contributed by atoms with van der Waals surface area (Å²) in [7, 11) is 1.56. The highest BCUT2D eigenvalue weighted by molar-refractivity contribution is 7.42. The molecule has 0 atom stereocenters. The van der Waals surface area contributed by atoms with Gasteiger partial charge in [0.15, 0.2) is 0 Å². The van der Waals surface area contributed by atoms with Gasteiger partial charge in [0, 0.05) is 7.11 Å². The number of rotatable bonds is 3. The fourth-order valence-electron chi connectivity index (χ4n) is 0.393. The predicted octanol–water partition coefficient (Wildman–Crippen LogP) is 2.46. The SMILES string of the molecule is CCC[Si](Cl)(Cl)OC. The Morgan fingerprint density at radius 3 is 2.12 bits per heavy atom. The molecule has 0 aliphatic carbocycles. The van der Waals surface area contributed by atoms with Crippen molar-refractivity contribution >= 4 is 29.1 Å². The van der Waals surface area contributed by atoms with Crippen molar-refractivity contribution in [3.8, 4) is 0 Å². The molecule has 0 aromatic rings. The van der Waals surface area contributed by atoms with Gasteiger partial charge in [-0.05, 0) is 6.04 Å². The van der Waals surface area contributed by atoms with Gasteiger partial charge in [-0.15, -0.1) is 22.2 Å². The molecule has 0 radical (unpaired) electrons. The van der Waals surface area contributed by atoms with Crippen LogP contribution in [0, 0.1) is 0 Å². The van der Waals surface area contributed by atoms with E-state index in [4.69, 9.17) is 26.6 Å². The monoisotopic (exact) mass is 172 g/mol. The van der Waals surface area contributed by atoms with Crippen LogP contribution in [-0.4, -0.2) is 14.0 Å². The maximum Gasteiger partial charge on any atom is 0.389 e. The highest BCUT2D eigenvalue weighted by Crippen LogP contribution is 2.21. The van der Waals surface area contributed by atoms with E-state index in [0.29, 0.717) is 0 Å². The van der Waals surface area contributed by atoms with Crippen LogP contribution in [-0.2, 0) is 4.43 Å². The molecular weight excluding hydrogens is 163 g/mol. The Balaban J connectivity index is 3.37. The summed E-state index contributed by atoms with van der Waals surface area (Å²) in [5.74, 6) is 0. The largest absolute Gasteiger partial charge is 0.396 e. The fraction of sp³-hybridized carbons (Fsp3) is 1.00. The molecule has 0 rings (SSSR count). The van der Waals surface area contributed by atoms with Crippen LogP contribution in [0.4, 0.5) is 0 Å². The minimum Gasteiger partial charge on any atom is -0.396 e. The molecule has 0 aromatic carbocycles. The maximum absolute atomic E-state index is 5.70. The maximum atomic E-state index is 5.70. The lowest BCUT2D eigenvalue weighted by Crippen LogP contribution is -2.21. The first-order valence-corrected chi connectivity index (χ1v) is 6.69. The van der Waals surface area contributed by atoms with Gasteiger partial charge in [0.1, 0.15) is 0 Å². The van der Waals surface area contributed by atoms with Crippen LogP contribution in [0.2, 0.25) is 6.04 Å². The fourth-order valence-corrected chi connectivity index (χ4v) is 2.31. The lowest BCUT2D eigenvalue weighted by atomic mass is 10.6. The average molecular weight is 173 g/mol. The summed E-state index contributed by atoms with van der Waals surface area (Å²) in [6, 6.07) is 0.812. The van der Waals surface area contributed by atoms with Gasteiger partial charge in [-0.3, -0.25) is 0 Å². The summed E-state index contributed by atoms with van der Waals surface area (Å²) in [5, 5.41) is 0. The highest BCUT2D eigenvalue weighted by Gasteiger charge is 2.26. The summed E-state index contributed by atoms with van der Waals surface area (Å²) < 4.78 is 4.85. The molecule has 0 amide bonds. The first-order valence-electron chi connectivity index (χ1n) is 2.55. The molecule has 4 heteroatoms. The van der Waals surface area contributed by atoms with Gasteiger partial charge < -0.3 is 4.43 Å².